The molecule has 2 unspecified atom stereocenters. The van der Waals surface area contributed by atoms with E-state index in [0.717, 1.165) is 12.3 Å². The Labute approximate surface area is 131 Å². The molecule has 0 aliphatic carbocycles. The molecule has 0 aromatic heterocycles. The molecule has 0 aromatic carbocycles. The van der Waals surface area contributed by atoms with Crippen LogP contribution in [0.3, 0.4) is 0 Å². The molecule has 2 atom stereocenters. The van der Waals surface area contributed by atoms with Crippen molar-refractivity contribution >= 4 is 23.8 Å². The van der Waals surface area contributed by atoms with Gasteiger partial charge in [-0.25, -0.2) is 4.79 Å². The van der Waals surface area contributed by atoms with Gasteiger partial charge < -0.3 is 19.8 Å². The number of nitrogens with zero attached hydrogens (tertiary/aromatic N) is 3. The van der Waals surface area contributed by atoms with E-state index in [2.05, 4.69) is 4.90 Å². The van der Waals surface area contributed by atoms with Crippen molar-refractivity contribution in [3.63, 3.8) is 0 Å². The second-order valence-electron chi connectivity index (χ2n) is 5.70. The lowest BCUT2D eigenvalue weighted by molar-refractivity contribution is -0.138. The first-order valence-corrected chi connectivity index (χ1v) is 8.53. The van der Waals surface area contributed by atoms with E-state index < -0.39 is 5.97 Å². The standard InChI is InChI=1S/C14H27N3O3S/c1-5-16(11(2)9-15(3)4)14(20)17-6-7-21-10-12(17)8-13(18)19/h11-12H,5-10H2,1-4H3,(H,18,19). The first-order chi connectivity index (χ1) is 9.86. The Morgan fingerprint density at radius 3 is 2.62 bits per heavy atom. The van der Waals surface area contributed by atoms with Gasteiger partial charge in [-0.05, 0) is 27.9 Å². The summed E-state index contributed by atoms with van der Waals surface area (Å²) in [6.07, 6.45) is 0.0261. The van der Waals surface area contributed by atoms with Crippen molar-refractivity contribution in [1.82, 2.24) is 14.7 Å². The molecule has 1 N–H and O–H groups in total. The molecular formula is C14H27N3O3S. The minimum Gasteiger partial charge on any atom is -0.481 e. The summed E-state index contributed by atoms with van der Waals surface area (Å²) in [5.41, 5.74) is 0. The van der Waals surface area contributed by atoms with Crippen molar-refractivity contribution in [2.24, 2.45) is 0 Å². The Morgan fingerprint density at radius 1 is 1.43 bits per heavy atom. The van der Waals surface area contributed by atoms with Crippen LogP contribution in [0.4, 0.5) is 4.79 Å². The summed E-state index contributed by atoms with van der Waals surface area (Å²) in [4.78, 5) is 29.4. The van der Waals surface area contributed by atoms with Crippen LogP contribution in [0.15, 0.2) is 0 Å². The smallest absolute Gasteiger partial charge is 0.320 e. The molecule has 21 heavy (non-hydrogen) atoms. The van der Waals surface area contributed by atoms with E-state index in [1.807, 2.05) is 32.8 Å². The van der Waals surface area contributed by atoms with Crippen LogP contribution in [0.25, 0.3) is 0 Å². The molecule has 0 bridgehead atoms. The van der Waals surface area contributed by atoms with Crippen molar-refractivity contribution < 1.29 is 14.7 Å². The molecule has 1 rings (SSSR count). The van der Waals surface area contributed by atoms with Crippen molar-refractivity contribution in [3.8, 4) is 0 Å². The zero-order valence-electron chi connectivity index (χ0n) is 13.4. The SMILES string of the molecule is CCN(C(=O)N1CCSCC1CC(=O)O)C(C)CN(C)C. The fourth-order valence-corrected chi connectivity index (χ4v) is 3.77. The minimum absolute atomic E-state index is 0.0261. The highest BCUT2D eigenvalue weighted by atomic mass is 32.2. The molecule has 1 fully saturated rings. The molecule has 2 amide bonds. The highest BCUT2D eigenvalue weighted by Crippen LogP contribution is 2.21. The highest BCUT2D eigenvalue weighted by molar-refractivity contribution is 7.99. The third-order valence-electron chi connectivity index (χ3n) is 3.63. The molecule has 7 heteroatoms. The number of carboxylic acids is 1. The monoisotopic (exact) mass is 317 g/mol. The topological polar surface area (TPSA) is 64.1 Å². The van der Waals surface area contributed by atoms with E-state index >= 15 is 0 Å². The van der Waals surface area contributed by atoms with Crippen LogP contribution < -0.4 is 0 Å². The third kappa shape index (κ3) is 5.39. The first-order valence-electron chi connectivity index (χ1n) is 7.38. The molecule has 0 spiro atoms. The Morgan fingerprint density at radius 2 is 2.10 bits per heavy atom. The normalized spacial score (nSPS) is 20.4. The van der Waals surface area contributed by atoms with Gasteiger partial charge in [-0.3, -0.25) is 4.79 Å². The van der Waals surface area contributed by atoms with Crippen LogP contribution in [0.1, 0.15) is 20.3 Å². The maximum atomic E-state index is 12.8. The van der Waals surface area contributed by atoms with Gasteiger partial charge in [0.25, 0.3) is 0 Å². The van der Waals surface area contributed by atoms with Gasteiger partial charge in [0.1, 0.15) is 0 Å². The number of rotatable bonds is 6. The number of carbonyl (C=O) groups excluding carboxylic acids is 1. The summed E-state index contributed by atoms with van der Waals surface area (Å²) >= 11 is 1.72. The maximum absolute atomic E-state index is 12.8. The molecular weight excluding hydrogens is 290 g/mol. The van der Waals surface area contributed by atoms with Crippen LogP contribution in [-0.2, 0) is 4.79 Å². The molecule has 0 saturated carbocycles. The van der Waals surface area contributed by atoms with Crippen LogP contribution in [-0.4, -0.2) is 89.1 Å². The fraction of sp³-hybridized carbons (Fsp3) is 0.857. The largest absolute Gasteiger partial charge is 0.481 e. The Bertz CT molecular complexity index is 365. The van der Waals surface area contributed by atoms with Gasteiger partial charge >= 0.3 is 12.0 Å². The van der Waals surface area contributed by atoms with E-state index in [0.29, 0.717) is 18.8 Å². The number of urea groups is 1. The number of likely N-dealkylation sites (N-methyl/N-ethyl adjacent to an activating group) is 2. The zero-order chi connectivity index (χ0) is 16.0. The third-order valence-corrected chi connectivity index (χ3v) is 4.72. The molecule has 6 nitrogen and oxygen atoms in total. The second kappa shape index (κ2) is 8.48. The molecule has 122 valence electrons. The number of carbonyl (C=O) groups is 2. The summed E-state index contributed by atoms with van der Waals surface area (Å²) < 4.78 is 0. The number of hydrogen-bond acceptors (Lipinski definition) is 4. The van der Waals surface area contributed by atoms with Crippen LogP contribution >= 0.6 is 11.8 Å². The fourth-order valence-electron chi connectivity index (χ4n) is 2.70. The number of hydrogen-bond donors (Lipinski definition) is 1. The summed E-state index contributed by atoms with van der Waals surface area (Å²) in [6, 6.07) is -0.120. The van der Waals surface area contributed by atoms with Crippen LogP contribution in [0.2, 0.25) is 0 Å². The number of aliphatic carboxylic acids is 1. The summed E-state index contributed by atoms with van der Waals surface area (Å²) in [7, 11) is 3.97. The number of carboxylic acid groups (broad SMARTS) is 1. The van der Waals surface area contributed by atoms with E-state index in [-0.39, 0.29) is 24.5 Å². The van der Waals surface area contributed by atoms with E-state index in [4.69, 9.17) is 5.11 Å². The van der Waals surface area contributed by atoms with Crippen molar-refractivity contribution in [1.29, 1.82) is 0 Å². The molecule has 1 aliphatic rings. The van der Waals surface area contributed by atoms with Gasteiger partial charge in [-0.15, -0.1) is 0 Å². The van der Waals surface area contributed by atoms with Crippen molar-refractivity contribution in [3.05, 3.63) is 0 Å². The van der Waals surface area contributed by atoms with Crippen molar-refractivity contribution in [2.45, 2.75) is 32.4 Å². The lowest BCUT2D eigenvalue weighted by atomic mass is 10.2. The van der Waals surface area contributed by atoms with Gasteiger partial charge in [0.2, 0.25) is 0 Å². The highest BCUT2D eigenvalue weighted by Gasteiger charge is 2.32. The van der Waals surface area contributed by atoms with Crippen LogP contribution in [0.5, 0.6) is 0 Å². The molecule has 0 aromatic rings. The predicted octanol–water partition coefficient (Wildman–Crippen LogP) is 1.27. The number of amides is 2. The lowest BCUT2D eigenvalue weighted by Crippen LogP contribution is -2.55. The summed E-state index contributed by atoms with van der Waals surface area (Å²) in [5.74, 6) is 0.740. The van der Waals surface area contributed by atoms with Gasteiger partial charge in [-0.1, -0.05) is 0 Å². The average molecular weight is 317 g/mol. The second-order valence-corrected chi connectivity index (χ2v) is 6.85. The van der Waals surface area contributed by atoms with Crippen molar-refractivity contribution in [2.75, 3.05) is 45.2 Å². The quantitative estimate of drug-likeness (QED) is 0.799. The van der Waals surface area contributed by atoms with Gasteiger partial charge in [0.05, 0.1) is 12.5 Å². The molecule has 0 radical (unpaired) electrons. The summed E-state index contributed by atoms with van der Waals surface area (Å²) in [6.45, 7) is 6.07. The zero-order valence-corrected chi connectivity index (χ0v) is 14.2. The first kappa shape index (κ1) is 18.1. The number of thioether (sulfide) groups is 1. The van der Waals surface area contributed by atoms with E-state index in [1.165, 1.54) is 0 Å². The van der Waals surface area contributed by atoms with E-state index in [1.54, 1.807) is 16.7 Å². The predicted molar refractivity (Wildman–Crippen MR) is 85.9 cm³/mol. The van der Waals surface area contributed by atoms with Crippen LogP contribution in [0, 0.1) is 0 Å². The maximum Gasteiger partial charge on any atom is 0.320 e. The van der Waals surface area contributed by atoms with Gasteiger partial charge in [-0.2, -0.15) is 11.8 Å². The molecule has 1 heterocycles. The Balaban J connectivity index is 2.77. The molecule has 1 saturated heterocycles. The Kier molecular flexibility index (Phi) is 7.31. The minimum atomic E-state index is -0.843. The van der Waals surface area contributed by atoms with E-state index in [9.17, 15) is 9.59 Å². The van der Waals surface area contributed by atoms with Gasteiger partial charge in [0.15, 0.2) is 0 Å². The summed E-state index contributed by atoms with van der Waals surface area (Å²) in [5, 5.41) is 9.02. The van der Waals surface area contributed by atoms with Gasteiger partial charge in [0, 0.05) is 37.2 Å². The lowest BCUT2D eigenvalue weighted by Gasteiger charge is -2.40. The Hall–Kier alpha value is -0.950. The molecule has 1 aliphatic heterocycles. The average Bonchev–Trinajstić information content (AvgIpc) is 2.38.